The van der Waals surface area contributed by atoms with Crippen molar-refractivity contribution in [1.29, 1.82) is 0 Å². The van der Waals surface area contributed by atoms with Crippen LogP contribution >= 0.6 is 0 Å². The molecule has 0 aliphatic carbocycles. The van der Waals surface area contributed by atoms with Crippen LogP contribution in [0.5, 0.6) is 0 Å². The largest absolute Gasteiger partial charge is 0.490 e. The second-order valence-electron chi connectivity index (χ2n) is 7.89. The minimum atomic E-state index is -5.08. The van der Waals surface area contributed by atoms with Crippen molar-refractivity contribution < 1.29 is 27.5 Å². The van der Waals surface area contributed by atoms with Crippen LogP contribution in [0.3, 0.4) is 0 Å². The maximum absolute atomic E-state index is 10.6. The Morgan fingerprint density at radius 2 is 1.82 bits per heavy atom. The van der Waals surface area contributed by atoms with E-state index in [0.29, 0.717) is 5.95 Å². The summed E-state index contributed by atoms with van der Waals surface area (Å²) in [4.78, 5) is 20.7. The molecular formula is C23H25F3N4O3. The van der Waals surface area contributed by atoms with Gasteiger partial charge in [0.25, 0.3) is 0 Å². The highest BCUT2D eigenvalue weighted by atomic mass is 19.4. The Balaban J connectivity index is 0.000000383. The average Bonchev–Trinajstić information content (AvgIpc) is 3.35. The van der Waals surface area contributed by atoms with Crippen molar-refractivity contribution in [3.8, 4) is 0 Å². The SMILES string of the molecule is Cc1cc(C)c(Nc2nc(C)c3c(n2)N(Cc2ccco2)CC3)c(C)c1.O=C(O)C(F)(F)F. The van der Waals surface area contributed by atoms with Crippen molar-refractivity contribution in [2.75, 3.05) is 16.8 Å². The number of aliphatic carboxylic acids is 1. The fraction of sp³-hybridized carbons (Fsp3) is 0.348. The van der Waals surface area contributed by atoms with Crippen molar-refractivity contribution in [2.24, 2.45) is 0 Å². The molecule has 0 saturated heterocycles. The molecule has 0 bridgehead atoms. The molecule has 0 unspecified atom stereocenters. The van der Waals surface area contributed by atoms with E-state index in [4.69, 9.17) is 24.3 Å². The van der Waals surface area contributed by atoms with Crippen LogP contribution in [0, 0.1) is 27.7 Å². The summed E-state index contributed by atoms with van der Waals surface area (Å²) in [5, 5.41) is 10.6. The van der Waals surface area contributed by atoms with Crippen molar-refractivity contribution in [3.05, 3.63) is 64.2 Å². The molecule has 0 atom stereocenters. The Bertz CT molecular complexity index is 1120. The summed E-state index contributed by atoms with van der Waals surface area (Å²) in [7, 11) is 0. The summed E-state index contributed by atoms with van der Waals surface area (Å²) in [6.07, 6.45) is -2.39. The van der Waals surface area contributed by atoms with Gasteiger partial charge in [-0.15, -0.1) is 0 Å². The number of fused-ring (bicyclic) bond motifs is 1. The van der Waals surface area contributed by atoms with Gasteiger partial charge in [-0.1, -0.05) is 17.7 Å². The van der Waals surface area contributed by atoms with Gasteiger partial charge in [0.2, 0.25) is 5.95 Å². The second-order valence-corrected chi connectivity index (χ2v) is 7.89. The van der Waals surface area contributed by atoms with E-state index in [2.05, 4.69) is 50.0 Å². The van der Waals surface area contributed by atoms with Crippen LogP contribution in [0.2, 0.25) is 0 Å². The number of hydrogen-bond acceptors (Lipinski definition) is 6. The van der Waals surface area contributed by atoms with E-state index in [9.17, 15) is 13.2 Å². The van der Waals surface area contributed by atoms with Crippen LogP contribution < -0.4 is 10.2 Å². The molecular weight excluding hydrogens is 437 g/mol. The topological polar surface area (TPSA) is 91.5 Å². The zero-order valence-electron chi connectivity index (χ0n) is 18.7. The van der Waals surface area contributed by atoms with Crippen molar-refractivity contribution in [1.82, 2.24) is 9.97 Å². The quantitative estimate of drug-likeness (QED) is 0.548. The first kappa shape index (κ1) is 24.1. The summed E-state index contributed by atoms with van der Waals surface area (Å²) >= 11 is 0. The van der Waals surface area contributed by atoms with Crippen molar-refractivity contribution in [3.63, 3.8) is 0 Å². The van der Waals surface area contributed by atoms with Gasteiger partial charge < -0.3 is 19.7 Å². The number of halogens is 3. The molecule has 2 aromatic heterocycles. The van der Waals surface area contributed by atoms with Gasteiger partial charge in [-0.05, 0) is 57.4 Å². The number of anilines is 3. The number of aryl methyl sites for hydroxylation is 4. The van der Waals surface area contributed by atoms with Gasteiger partial charge in [-0.25, -0.2) is 9.78 Å². The first-order valence-electron chi connectivity index (χ1n) is 10.3. The number of nitrogens with one attached hydrogen (secondary N) is 1. The Morgan fingerprint density at radius 1 is 1.18 bits per heavy atom. The molecule has 0 radical (unpaired) electrons. The number of carbonyl (C=O) groups is 1. The maximum Gasteiger partial charge on any atom is 0.490 e. The van der Waals surface area contributed by atoms with E-state index in [0.717, 1.165) is 42.5 Å². The van der Waals surface area contributed by atoms with Gasteiger partial charge >= 0.3 is 12.1 Å². The number of nitrogens with zero attached hydrogens (tertiary/aromatic N) is 3. The van der Waals surface area contributed by atoms with E-state index in [1.54, 1.807) is 6.26 Å². The lowest BCUT2D eigenvalue weighted by atomic mass is 10.1. The molecule has 0 amide bonds. The van der Waals surface area contributed by atoms with Crippen molar-refractivity contribution >= 4 is 23.4 Å². The zero-order chi connectivity index (χ0) is 24.3. The number of benzene rings is 1. The predicted molar refractivity (Wildman–Crippen MR) is 118 cm³/mol. The highest BCUT2D eigenvalue weighted by molar-refractivity contribution is 5.73. The number of hydrogen-bond donors (Lipinski definition) is 2. The van der Waals surface area contributed by atoms with Gasteiger partial charge in [0.15, 0.2) is 0 Å². The minimum absolute atomic E-state index is 0.655. The van der Waals surface area contributed by atoms with E-state index in [1.165, 1.54) is 22.3 Å². The fourth-order valence-electron chi connectivity index (χ4n) is 3.78. The third-order valence-electron chi connectivity index (χ3n) is 5.21. The monoisotopic (exact) mass is 462 g/mol. The molecule has 0 spiro atoms. The normalized spacial score (nSPS) is 12.8. The summed E-state index contributed by atoms with van der Waals surface area (Å²) in [6, 6.07) is 8.29. The molecule has 4 rings (SSSR count). The Labute approximate surface area is 189 Å². The van der Waals surface area contributed by atoms with E-state index in [1.807, 2.05) is 12.1 Å². The molecule has 0 fully saturated rings. The first-order chi connectivity index (χ1) is 15.5. The van der Waals surface area contributed by atoms with E-state index < -0.39 is 12.1 Å². The zero-order valence-corrected chi connectivity index (χ0v) is 18.7. The van der Waals surface area contributed by atoms with Crippen molar-refractivity contribution in [2.45, 2.75) is 46.8 Å². The van der Waals surface area contributed by atoms with Crippen LogP contribution in [0.4, 0.5) is 30.6 Å². The summed E-state index contributed by atoms with van der Waals surface area (Å²) < 4.78 is 37.2. The standard InChI is InChI=1S/C21H24N4O.C2HF3O2/c1-13-10-14(2)19(15(3)11-13)23-21-22-16(4)18-7-8-25(20(18)24-21)12-17-6-5-9-26-17;3-2(4,5)1(6)7/h5-6,9-11H,7-8,12H2,1-4H3,(H,22,23,24);(H,6,7). The minimum Gasteiger partial charge on any atom is -0.475 e. The highest BCUT2D eigenvalue weighted by Gasteiger charge is 2.38. The molecule has 0 saturated carbocycles. The molecule has 1 aliphatic heterocycles. The third kappa shape index (κ3) is 5.82. The van der Waals surface area contributed by atoms with Gasteiger partial charge in [-0.3, -0.25) is 0 Å². The molecule has 2 N–H and O–H groups in total. The maximum atomic E-state index is 10.6. The summed E-state index contributed by atoms with van der Waals surface area (Å²) in [6.45, 7) is 10.1. The van der Waals surface area contributed by atoms with Crippen LogP contribution in [0.15, 0.2) is 34.9 Å². The molecule has 10 heteroatoms. The number of alkyl halides is 3. The van der Waals surface area contributed by atoms with E-state index >= 15 is 0 Å². The molecule has 3 aromatic rings. The second kappa shape index (κ2) is 9.51. The predicted octanol–water partition coefficient (Wildman–Crippen LogP) is 5.24. The van der Waals surface area contributed by atoms with Crippen LogP contribution in [0.1, 0.15) is 33.7 Å². The lowest BCUT2D eigenvalue weighted by Crippen LogP contribution is -2.21. The molecule has 1 aromatic carbocycles. The molecule has 176 valence electrons. The van der Waals surface area contributed by atoms with Crippen LogP contribution in [0.25, 0.3) is 0 Å². The number of carboxylic acids is 1. The lowest BCUT2D eigenvalue weighted by Gasteiger charge is -2.19. The number of aromatic nitrogens is 2. The fourth-order valence-corrected chi connectivity index (χ4v) is 3.78. The van der Waals surface area contributed by atoms with Gasteiger partial charge in [0.05, 0.1) is 12.8 Å². The molecule has 7 nitrogen and oxygen atoms in total. The van der Waals surface area contributed by atoms with Crippen LogP contribution in [-0.2, 0) is 17.8 Å². The van der Waals surface area contributed by atoms with E-state index in [-0.39, 0.29) is 0 Å². The first-order valence-corrected chi connectivity index (χ1v) is 10.3. The van der Waals surface area contributed by atoms with Crippen LogP contribution in [-0.4, -0.2) is 33.8 Å². The smallest absolute Gasteiger partial charge is 0.475 e. The Morgan fingerprint density at radius 3 is 2.36 bits per heavy atom. The van der Waals surface area contributed by atoms with Gasteiger partial charge in [0, 0.05) is 23.5 Å². The third-order valence-corrected chi connectivity index (χ3v) is 5.21. The van der Waals surface area contributed by atoms with Gasteiger partial charge in [-0.2, -0.15) is 18.2 Å². The van der Waals surface area contributed by atoms with Gasteiger partial charge in [0.1, 0.15) is 11.6 Å². The highest BCUT2D eigenvalue weighted by Crippen LogP contribution is 2.32. The number of rotatable bonds is 4. The Kier molecular flexibility index (Phi) is 6.95. The lowest BCUT2D eigenvalue weighted by molar-refractivity contribution is -0.192. The Hall–Kier alpha value is -3.56. The summed E-state index contributed by atoms with van der Waals surface area (Å²) in [5.41, 5.74) is 7.04. The molecule has 33 heavy (non-hydrogen) atoms. The molecule has 3 heterocycles. The summed E-state index contributed by atoms with van der Waals surface area (Å²) in [5.74, 6) is -0.136. The molecule has 1 aliphatic rings. The average molecular weight is 462 g/mol. The number of carboxylic acid groups (broad SMARTS) is 1. The number of furan rings is 1.